The maximum Gasteiger partial charge on any atom is 0.276 e. The number of nitro groups is 1. The van der Waals surface area contributed by atoms with E-state index in [4.69, 9.17) is 0 Å². The largest absolute Gasteiger partial charge is 0.318 e. The van der Waals surface area contributed by atoms with Gasteiger partial charge in [-0.1, -0.05) is 0 Å². The van der Waals surface area contributed by atoms with Gasteiger partial charge in [-0.15, -0.1) is 0 Å². The Morgan fingerprint density at radius 2 is 2.00 bits per heavy atom. The molecule has 1 rings (SSSR count). The van der Waals surface area contributed by atoms with Gasteiger partial charge in [0.05, 0.1) is 15.4 Å². The number of nitro benzene ring substituents is 1. The molecule has 0 unspecified atom stereocenters. The molecule has 0 aliphatic carbocycles. The van der Waals surface area contributed by atoms with Gasteiger partial charge in [-0.3, -0.25) is 10.1 Å². The third-order valence-electron chi connectivity index (χ3n) is 2.46. The van der Waals surface area contributed by atoms with Gasteiger partial charge >= 0.3 is 0 Å². The van der Waals surface area contributed by atoms with Crippen LogP contribution in [0.5, 0.6) is 0 Å². The topological polar surface area (TPSA) is 101 Å². The van der Waals surface area contributed by atoms with E-state index in [1.807, 2.05) is 0 Å². The minimum Gasteiger partial charge on any atom is -0.318 e. The zero-order valence-electron chi connectivity index (χ0n) is 10.4. The van der Waals surface area contributed by atoms with Gasteiger partial charge in [-0.2, -0.15) is 0 Å². The second kappa shape index (κ2) is 6.04. The molecule has 0 spiro atoms. The highest BCUT2D eigenvalue weighted by atomic mass is 32.2. The average Bonchev–Trinajstić information content (AvgIpc) is 2.32. The summed E-state index contributed by atoms with van der Waals surface area (Å²) in [4.78, 5) is 9.45. The molecule has 0 atom stereocenters. The summed E-state index contributed by atoms with van der Waals surface area (Å²) in [5, 5.41) is 13.5. The van der Waals surface area contributed by atoms with Crippen molar-refractivity contribution in [1.29, 1.82) is 0 Å². The van der Waals surface area contributed by atoms with Gasteiger partial charge in [0.2, 0.25) is 10.0 Å². The van der Waals surface area contributed by atoms with Crippen molar-refractivity contribution in [3.05, 3.63) is 33.6 Å². The van der Waals surface area contributed by atoms with Gasteiger partial charge in [0.25, 0.3) is 5.69 Å². The fourth-order valence-corrected chi connectivity index (χ4v) is 2.44. The smallest absolute Gasteiger partial charge is 0.276 e. The molecular formula is C10H14FN3O4S. The predicted molar refractivity (Wildman–Crippen MR) is 66.9 cm³/mol. The van der Waals surface area contributed by atoms with Crippen molar-refractivity contribution >= 4 is 15.7 Å². The minimum atomic E-state index is -3.96. The molecule has 0 aromatic heterocycles. The molecule has 106 valence electrons. The molecule has 7 nitrogen and oxygen atoms in total. The number of nitrogens with one attached hydrogen (secondary N) is 2. The molecule has 2 N–H and O–H groups in total. The summed E-state index contributed by atoms with van der Waals surface area (Å²) >= 11 is 0. The van der Waals surface area contributed by atoms with Crippen molar-refractivity contribution in [3.8, 4) is 0 Å². The Labute approximate surface area is 110 Å². The van der Waals surface area contributed by atoms with Crippen LogP contribution in [-0.2, 0) is 10.0 Å². The van der Waals surface area contributed by atoms with Crippen LogP contribution in [0, 0.1) is 22.9 Å². The molecule has 0 saturated carbocycles. The highest BCUT2D eigenvalue weighted by molar-refractivity contribution is 7.89. The zero-order valence-corrected chi connectivity index (χ0v) is 11.3. The summed E-state index contributed by atoms with van der Waals surface area (Å²) in [6.07, 6.45) is 0. The first-order valence-corrected chi connectivity index (χ1v) is 6.86. The molecule has 0 aliphatic rings. The Hall–Kier alpha value is -1.58. The first-order valence-electron chi connectivity index (χ1n) is 5.38. The van der Waals surface area contributed by atoms with E-state index < -0.39 is 31.3 Å². The van der Waals surface area contributed by atoms with Crippen LogP contribution in [0.15, 0.2) is 17.0 Å². The van der Waals surface area contributed by atoms with E-state index in [0.29, 0.717) is 6.54 Å². The number of benzene rings is 1. The van der Waals surface area contributed by atoms with Gasteiger partial charge < -0.3 is 5.32 Å². The SMILES string of the molecule is CNCCNS(=O)(=O)c1cc(F)c(C)c([N+](=O)[O-])c1. The van der Waals surface area contributed by atoms with Crippen LogP contribution in [0.2, 0.25) is 0 Å². The van der Waals surface area contributed by atoms with Crippen molar-refractivity contribution in [2.45, 2.75) is 11.8 Å². The van der Waals surface area contributed by atoms with Crippen LogP contribution in [0.4, 0.5) is 10.1 Å². The molecule has 9 heteroatoms. The molecule has 19 heavy (non-hydrogen) atoms. The second-order valence-corrected chi connectivity index (χ2v) is 5.57. The van der Waals surface area contributed by atoms with Crippen LogP contribution >= 0.6 is 0 Å². The van der Waals surface area contributed by atoms with E-state index in [2.05, 4.69) is 10.0 Å². The monoisotopic (exact) mass is 291 g/mol. The Morgan fingerprint density at radius 3 is 2.53 bits per heavy atom. The van der Waals surface area contributed by atoms with Crippen molar-refractivity contribution < 1.29 is 17.7 Å². The molecule has 0 bridgehead atoms. The number of sulfonamides is 1. The molecule has 1 aromatic rings. The van der Waals surface area contributed by atoms with E-state index in [9.17, 15) is 22.9 Å². The van der Waals surface area contributed by atoms with Crippen LogP contribution in [0.1, 0.15) is 5.56 Å². The fraction of sp³-hybridized carbons (Fsp3) is 0.400. The summed E-state index contributed by atoms with van der Waals surface area (Å²) in [5.74, 6) is -0.928. The number of rotatable bonds is 6. The molecule has 0 aliphatic heterocycles. The van der Waals surface area contributed by atoms with E-state index in [1.165, 1.54) is 6.92 Å². The van der Waals surface area contributed by atoms with Crippen LogP contribution in [0.25, 0.3) is 0 Å². The molecule has 0 fully saturated rings. The number of hydrogen-bond donors (Lipinski definition) is 2. The molecule has 0 amide bonds. The molecule has 1 aromatic carbocycles. The van der Waals surface area contributed by atoms with Gasteiger partial charge in [0.1, 0.15) is 5.82 Å². The van der Waals surface area contributed by atoms with Crippen LogP contribution < -0.4 is 10.0 Å². The minimum absolute atomic E-state index is 0.0993. The normalized spacial score (nSPS) is 11.5. The summed E-state index contributed by atoms with van der Waals surface area (Å²) < 4.78 is 39.4. The van der Waals surface area contributed by atoms with Gasteiger partial charge in [-0.05, 0) is 20.0 Å². The number of nitrogens with zero attached hydrogens (tertiary/aromatic N) is 1. The predicted octanol–water partition coefficient (Wildman–Crippen LogP) is 0.540. The summed E-state index contributed by atoms with van der Waals surface area (Å²) in [6, 6.07) is 1.62. The second-order valence-electron chi connectivity index (χ2n) is 3.81. The molecule has 0 saturated heterocycles. The lowest BCUT2D eigenvalue weighted by atomic mass is 10.2. The summed E-state index contributed by atoms with van der Waals surface area (Å²) in [7, 11) is -2.32. The Balaban J connectivity index is 3.17. The lowest BCUT2D eigenvalue weighted by Gasteiger charge is -2.08. The Morgan fingerprint density at radius 1 is 1.37 bits per heavy atom. The van der Waals surface area contributed by atoms with E-state index in [0.717, 1.165) is 12.1 Å². The maximum absolute atomic E-state index is 13.5. The number of halogens is 1. The van der Waals surface area contributed by atoms with Crippen molar-refractivity contribution in [3.63, 3.8) is 0 Å². The van der Waals surface area contributed by atoms with Gasteiger partial charge in [-0.25, -0.2) is 17.5 Å². The third kappa shape index (κ3) is 3.69. The van der Waals surface area contributed by atoms with E-state index >= 15 is 0 Å². The summed E-state index contributed by atoms with van der Waals surface area (Å²) in [6.45, 7) is 1.70. The van der Waals surface area contributed by atoms with Crippen molar-refractivity contribution in [2.24, 2.45) is 0 Å². The molecule has 0 radical (unpaired) electrons. The lowest BCUT2D eigenvalue weighted by molar-refractivity contribution is -0.385. The average molecular weight is 291 g/mol. The van der Waals surface area contributed by atoms with E-state index in [-0.39, 0.29) is 12.1 Å². The van der Waals surface area contributed by atoms with Crippen LogP contribution in [0.3, 0.4) is 0 Å². The third-order valence-corrected chi connectivity index (χ3v) is 3.90. The standard InChI is InChI=1S/C10H14FN3O4S/c1-7-9(11)5-8(6-10(7)14(15)16)19(17,18)13-4-3-12-2/h5-6,12-13H,3-4H2,1-2H3. The highest BCUT2D eigenvalue weighted by Gasteiger charge is 2.22. The van der Waals surface area contributed by atoms with Crippen molar-refractivity contribution in [1.82, 2.24) is 10.0 Å². The van der Waals surface area contributed by atoms with Gasteiger partial charge in [0, 0.05) is 19.2 Å². The maximum atomic E-state index is 13.5. The lowest BCUT2D eigenvalue weighted by Crippen LogP contribution is -2.30. The summed E-state index contributed by atoms with van der Waals surface area (Å²) in [5.41, 5.74) is -0.756. The quantitative estimate of drug-likeness (QED) is 0.452. The highest BCUT2D eigenvalue weighted by Crippen LogP contribution is 2.25. The Kier molecular flexibility index (Phi) is 4.92. The van der Waals surface area contributed by atoms with Gasteiger partial charge in [0.15, 0.2) is 0 Å². The van der Waals surface area contributed by atoms with Crippen molar-refractivity contribution in [2.75, 3.05) is 20.1 Å². The zero-order chi connectivity index (χ0) is 14.6. The first-order chi connectivity index (χ1) is 8.79. The molecular weight excluding hydrogens is 277 g/mol. The fourth-order valence-electron chi connectivity index (χ4n) is 1.38. The van der Waals surface area contributed by atoms with Crippen LogP contribution in [-0.4, -0.2) is 33.5 Å². The Bertz CT molecular complexity index is 589. The van der Waals surface area contributed by atoms with E-state index in [1.54, 1.807) is 7.05 Å². The number of hydrogen-bond acceptors (Lipinski definition) is 5. The molecule has 0 heterocycles. The number of likely N-dealkylation sites (N-methyl/N-ethyl adjacent to an activating group) is 1. The first kappa shape index (κ1) is 15.5.